The van der Waals surface area contributed by atoms with Gasteiger partial charge in [-0.25, -0.2) is 0 Å². The Hall–Kier alpha value is -2.92. The van der Waals surface area contributed by atoms with E-state index in [-0.39, 0.29) is 11.5 Å². The summed E-state index contributed by atoms with van der Waals surface area (Å²) in [5.41, 5.74) is 2.41. The number of ketones is 1. The van der Waals surface area contributed by atoms with Crippen LogP contribution in [0.5, 0.6) is 11.5 Å². The molecule has 1 aliphatic heterocycles. The van der Waals surface area contributed by atoms with Crippen molar-refractivity contribution in [3.05, 3.63) is 93.9 Å². The van der Waals surface area contributed by atoms with E-state index in [1.807, 2.05) is 36.4 Å². The molecule has 2 aromatic carbocycles. The van der Waals surface area contributed by atoms with Crippen LogP contribution in [0.15, 0.2) is 77.2 Å². The number of halogens is 1. The highest BCUT2D eigenvalue weighted by atomic mass is 79.9. The summed E-state index contributed by atoms with van der Waals surface area (Å²) in [5, 5.41) is 0. The zero-order valence-corrected chi connectivity index (χ0v) is 15.3. The first-order valence-electron chi connectivity index (χ1n) is 8.04. The van der Waals surface area contributed by atoms with Crippen molar-refractivity contribution in [1.29, 1.82) is 0 Å². The van der Waals surface area contributed by atoms with Gasteiger partial charge in [0.05, 0.1) is 5.56 Å². The molecule has 1 aromatic heterocycles. The minimum Gasteiger partial charge on any atom is -0.489 e. The van der Waals surface area contributed by atoms with Gasteiger partial charge >= 0.3 is 0 Å². The molecule has 2 heterocycles. The van der Waals surface area contributed by atoms with Crippen molar-refractivity contribution in [2.75, 3.05) is 0 Å². The number of fused-ring (bicyclic) bond motifs is 1. The van der Waals surface area contributed by atoms with E-state index in [9.17, 15) is 4.79 Å². The van der Waals surface area contributed by atoms with Crippen LogP contribution in [-0.2, 0) is 6.61 Å². The van der Waals surface area contributed by atoms with Crippen molar-refractivity contribution in [2.45, 2.75) is 6.61 Å². The number of rotatable bonds is 4. The summed E-state index contributed by atoms with van der Waals surface area (Å²) in [6.45, 7) is 0.443. The maximum atomic E-state index is 12.5. The molecular formula is C21H14BrNO3. The lowest BCUT2D eigenvalue weighted by atomic mass is 10.1. The normalized spacial score (nSPS) is 14.2. The van der Waals surface area contributed by atoms with Crippen molar-refractivity contribution in [3.8, 4) is 11.5 Å². The van der Waals surface area contributed by atoms with Crippen molar-refractivity contribution < 1.29 is 14.3 Å². The number of allylic oxidation sites excluding steroid dienone is 1. The van der Waals surface area contributed by atoms with E-state index in [1.165, 1.54) is 0 Å². The fourth-order valence-corrected chi connectivity index (χ4v) is 2.88. The summed E-state index contributed by atoms with van der Waals surface area (Å²) in [4.78, 5) is 16.5. The van der Waals surface area contributed by atoms with E-state index in [0.717, 1.165) is 15.6 Å². The Morgan fingerprint density at radius 2 is 1.96 bits per heavy atom. The van der Waals surface area contributed by atoms with Crippen molar-refractivity contribution >= 4 is 27.8 Å². The molecule has 0 radical (unpaired) electrons. The topological polar surface area (TPSA) is 48.4 Å². The van der Waals surface area contributed by atoms with E-state index in [4.69, 9.17) is 9.47 Å². The number of Topliss-reactive ketones (excluding diaryl/α,β-unsaturated/α-hetero) is 1. The maximum Gasteiger partial charge on any atom is 0.231 e. The van der Waals surface area contributed by atoms with Gasteiger partial charge in [0.15, 0.2) is 5.76 Å². The highest BCUT2D eigenvalue weighted by molar-refractivity contribution is 9.10. The minimum atomic E-state index is -0.136. The third-order valence-corrected chi connectivity index (χ3v) is 4.47. The van der Waals surface area contributed by atoms with Crippen LogP contribution in [-0.4, -0.2) is 10.8 Å². The first-order chi connectivity index (χ1) is 12.7. The molecule has 0 atom stereocenters. The van der Waals surface area contributed by atoms with Gasteiger partial charge in [0.2, 0.25) is 5.78 Å². The van der Waals surface area contributed by atoms with Gasteiger partial charge in [-0.3, -0.25) is 9.78 Å². The van der Waals surface area contributed by atoms with Gasteiger partial charge in [-0.1, -0.05) is 34.1 Å². The molecule has 0 saturated carbocycles. The minimum absolute atomic E-state index is 0.136. The van der Waals surface area contributed by atoms with E-state index in [2.05, 4.69) is 20.9 Å². The average molecular weight is 408 g/mol. The van der Waals surface area contributed by atoms with Gasteiger partial charge in [-0.15, -0.1) is 0 Å². The smallest absolute Gasteiger partial charge is 0.231 e. The Morgan fingerprint density at radius 1 is 1.12 bits per heavy atom. The molecule has 0 amide bonds. The third-order valence-electron chi connectivity index (χ3n) is 3.94. The quantitative estimate of drug-likeness (QED) is 0.568. The first-order valence-corrected chi connectivity index (χ1v) is 8.84. The average Bonchev–Trinajstić information content (AvgIpc) is 2.97. The highest BCUT2D eigenvalue weighted by Crippen LogP contribution is 2.35. The van der Waals surface area contributed by atoms with Crippen LogP contribution in [0.2, 0.25) is 0 Å². The molecule has 0 N–H and O–H groups in total. The zero-order chi connectivity index (χ0) is 17.9. The molecule has 3 aromatic rings. The number of pyridine rings is 1. The standard InChI is InChI=1S/C21H14BrNO3/c22-16-5-3-14(4-6-16)13-25-17-7-8-18-19(11-17)26-20(21(18)24)10-15-2-1-9-23-12-15/h1-12H,13H2/b20-10-. The fraction of sp³-hybridized carbons (Fsp3) is 0.0476. The Bertz CT molecular complexity index is 982. The number of hydrogen-bond donors (Lipinski definition) is 0. The van der Waals surface area contributed by atoms with Crippen molar-refractivity contribution in [1.82, 2.24) is 4.98 Å². The van der Waals surface area contributed by atoms with Gasteiger partial charge in [0.1, 0.15) is 18.1 Å². The molecular weight excluding hydrogens is 394 g/mol. The molecule has 0 saturated heterocycles. The second-order valence-electron chi connectivity index (χ2n) is 5.80. The molecule has 4 nitrogen and oxygen atoms in total. The van der Waals surface area contributed by atoms with Gasteiger partial charge in [-0.2, -0.15) is 0 Å². The molecule has 0 unspecified atom stereocenters. The summed E-state index contributed by atoms with van der Waals surface area (Å²) in [6, 6.07) is 16.9. The van der Waals surface area contributed by atoms with Gasteiger partial charge in [0, 0.05) is 22.9 Å². The molecule has 5 heteroatoms. The van der Waals surface area contributed by atoms with E-state index in [1.54, 1.807) is 36.7 Å². The third kappa shape index (κ3) is 3.53. The van der Waals surface area contributed by atoms with Crippen LogP contribution in [0.1, 0.15) is 21.5 Å². The van der Waals surface area contributed by atoms with E-state index < -0.39 is 0 Å². The van der Waals surface area contributed by atoms with E-state index in [0.29, 0.717) is 23.7 Å². The van der Waals surface area contributed by atoms with Crippen LogP contribution in [0.4, 0.5) is 0 Å². The van der Waals surface area contributed by atoms with Crippen LogP contribution in [0.25, 0.3) is 6.08 Å². The number of nitrogens with zero attached hydrogens (tertiary/aromatic N) is 1. The van der Waals surface area contributed by atoms with Crippen molar-refractivity contribution in [2.24, 2.45) is 0 Å². The van der Waals surface area contributed by atoms with Crippen molar-refractivity contribution in [3.63, 3.8) is 0 Å². The molecule has 0 aliphatic carbocycles. The zero-order valence-electron chi connectivity index (χ0n) is 13.7. The summed E-state index contributed by atoms with van der Waals surface area (Å²) >= 11 is 3.41. The monoisotopic (exact) mass is 407 g/mol. The molecule has 128 valence electrons. The second kappa shape index (κ2) is 7.14. The number of carbonyl (C=O) groups excluding carboxylic acids is 1. The van der Waals surface area contributed by atoms with Gasteiger partial charge in [-0.05, 0) is 47.5 Å². The molecule has 0 fully saturated rings. The SMILES string of the molecule is O=C1/C(=C/c2cccnc2)Oc2cc(OCc3ccc(Br)cc3)ccc21. The fourth-order valence-electron chi connectivity index (χ4n) is 2.62. The lowest BCUT2D eigenvalue weighted by Gasteiger charge is -2.07. The van der Waals surface area contributed by atoms with Crippen LogP contribution in [0, 0.1) is 0 Å². The largest absolute Gasteiger partial charge is 0.489 e. The number of benzene rings is 2. The van der Waals surface area contributed by atoms with Gasteiger partial charge < -0.3 is 9.47 Å². The molecule has 4 rings (SSSR count). The van der Waals surface area contributed by atoms with Gasteiger partial charge in [0.25, 0.3) is 0 Å². The summed E-state index contributed by atoms with van der Waals surface area (Å²) in [6.07, 6.45) is 5.06. The lowest BCUT2D eigenvalue weighted by molar-refractivity contribution is 0.101. The summed E-state index contributed by atoms with van der Waals surface area (Å²) in [7, 11) is 0. The predicted octanol–water partition coefficient (Wildman–Crippen LogP) is 5.04. The number of hydrogen-bond acceptors (Lipinski definition) is 4. The number of aromatic nitrogens is 1. The highest BCUT2D eigenvalue weighted by Gasteiger charge is 2.27. The Morgan fingerprint density at radius 3 is 2.73 bits per heavy atom. The lowest BCUT2D eigenvalue weighted by Crippen LogP contribution is -1.98. The van der Waals surface area contributed by atoms with Crippen LogP contribution >= 0.6 is 15.9 Å². The molecule has 26 heavy (non-hydrogen) atoms. The Kier molecular flexibility index (Phi) is 4.54. The van der Waals surface area contributed by atoms with Crippen LogP contribution < -0.4 is 9.47 Å². The van der Waals surface area contributed by atoms with Crippen LogP contribution in [0.3, 0.4) is 0 Å². The summed E-state index contributed by atoms with van der Waals surface area (Å²) in [5.74, 6) is 1.32. The molecule has 1 aliphatic rings. The Balaban J connectivity index is 1.50. The summed E-state index contributed by atoms with van der Waals surface area (Å²) < 4.78 is 12.6. The first kappa shape index (κ1) is 16.5. The van der Waals surface area contributed by atoms with E-state index >= 15 is 0 Å². The predicted molar refractivity (Wildman–Crippen MR) is 102 cm³/mol. The molecule has 0 bridgehead atoms. The molecule has 0 spiro atoms. The number of carbonyl (C=O) groups is 1. The Labute approximate surface area is 159 Å². The number of ether oxygens (including phenoxy) is 2. The second-order valence-corrected chi connectivity index (χ2v) is 6.71. The maximum absolute atomic E-state index is 12.5.